The molecule has 120 valence electrons. The number of ether oxygens (including phenoxy) is 1. The summed E-state index contributed by atoms with van der Waals surface area (Å²) >= 11 is 0. The summed E-state index contributed by atoms with van der Waals surface area (Å²) in [6.07, 6.45) is 2.27. The molecule has 2 heterocycles. The molecule has 0 fully saturated rings. The summed E-state index contributed by atoms with van der Waals surface area (Å²) in [5, 5.41) is 1.32. The molecule has 0 aliphatic carbocycles. The average Bonchev–Trinajstić information content (AvgIpc) is 2.97. The predicted octanol–water partition coefficient (Wildman–Crippen LogP) is 3.14. The Labute approximate surface area is 136 Å². The van der Waals surface area contributed by atoms with Crippen LogP contribution in [0.1, 0.15) is 11.4 Å². The molecule has 0 radical (unpaired) electrons. The first-order valence-electron chi connectivity index (χ1n) is 7.47. The van der Waals surface area contributed by atoms with Crippen molar-refractivity contribution in [3.05, 3.63) is 70.2 Å². The van der Waals surface area contributed by atoms with Gasteiger partial charge in [0.25, 0.3) is 5.56 Å². The molecular formula is C18H14FN3O2. The largest absolute Gasteiger partial charge is 0.496 e. The van der Waals surface area contributed by atoms with Gasteiger partial charge in [0.1, 0.15) is 17.4 Å². The lowest BCUT2D eigenvalue weighted by atomic mass is 10.1. The molecule has 2 aromatic heterocycles. The van der Waals surface area contributed by atoms with Crippen molar-refractivity contribution < 1.29 is 9.13 Å². The topological polar surface area (TPSA) is 70.8 Å². The summed E-state index contributed by atoms with van der Waals surface area (Å²) in [6, 6.07) is 9.70. The molecule has 0 saturated heterocycles. The number of fused-ring (bicyclic) bond motifs is 2. The van der Waals surface area contributed by atoms with Crippen molar-refractivity contribution in [3.63, 3.8) is 0 Å². The van der Waals surface area contributed by atoms with Crippen LogP contribution >= 0.6 is 0 Å². The Morgan fingerprint density at radius 3 is 2.96 bits per heavy atom. The molecule has 4 rings (SSSR count). The molecule has 0 spiro atoms. The summed E-state index contributed by atoms with van der Waals surface area (Å²) in [7, 11) is 1.62. The van der Waals surface area contributed by atoms with Gasteiger partial charge in [0.15, 0.2) is 0 Å². The SMILES string of the molecule is COc1cccc2[nH]cc(Cc3nc4cc(F)ccc4c(=O)[nH]3)c12. The molecule has 6 heteroatoms. The van der Waals surface area contributed by atoms with E-state index in [4.69, 9.17) is 4.74 Å². The van der Waals surface area contributed by atoms with E-state index in [2.05, 4.69) is 15.0 Å². The van der Waals surface area contributed by atoms with Gasteiger partial charge < -0.3 is 14.7 Å². The molecular weight excluding hydrogens is 309 g/mol. The predicted molar refractivity (Wildman–Crippen MR) is 90.0 cm³/mol. The second-order valence-corrected chi connectivity index (χ2v) is 5.55. The number of nitrogens with zero attached hydrogens (tertiary/aromatic N) is 1. The highest BCUT2D eigenvalue weighted by atomic mass is 19.1. The van der Waals surface area contributed by atoms with Gasteiger partial charge in [-0.25, -0.2) is 9.37 Å². The molecule has 2 aromatic carbocycles. The molecule has 5 nitrogen and oxygen atoms in total. The highest BCUT2D eigenvalue weighted by molar-refractivity contribution is 5.89. The second-order valence-electron chi connectivity index (χ2n) is 5.55. The first kappa shape index (κ1) is 14.4. The Bertz CT molecular complexity index is 1110. The van der Waals surface area contributed by atoms with Gasteiger partial charge in [-0.1, -0.05) is 6.07 Å². The van der Waals surface area contributed by atoms with E-state index < -0.39 is 5.82 Å². The molecule has 0 aliphatic rings. The number of hydrogen-bond acceptors (Lipinski definition) is 3. The molecule has 0 saturated carbocycles. The zero-order valence-corrected chi connectivity index (χ0v) is 12.9. The maximum absolute atomic E-state index is 13.4. The summed E-state index contributed by atoms with van der Waals surface area (Å²) in [6.45, 7) is 0. The molecule has 0 amide bonds. The Balaban J connectivity index is 1.84. The lowest BCUT2D eigenvalue weighted by Crippen LogP contribution is -2.12. The Morgan fingerprint density at radius 1 is 1.25 bits per heavy atom. The van der Waals surface area contributed by atoms with Crippen LogP contribution in [0, 0.1) is 5.82 Å². The molecule has 2 N–H and O–H groups in total. The standard InChI is InChI=1S/C18H14FN3O2/c1-24-15-4-2-3-13-17(15)10(9-20-13)7-16-21-14-8-11(19)5-6-12(14)18(23)22-16/h2-6,8-9,20H,7H2,1H3,(H,21,22,23). The highest BCUT2D eigenvalue weighted by Crippen LogP contribution is 2.29. The van der Waals surface area contributed by atoms with Gasteiger partial charge in [-0.3, -0.25) is 4.79 Å². The van der Waals surface area contributed by atoms with Gasteiger partial charge in [-0.15, -0.1) is 0 Å². The van der Waals surface area contributed by atoms with Gasteiger partial charge in [-0.2, -0.15) is 0 Å². The third-order valence-electron chi connectivity index (χ3n) is 4.04. The molecule has 0 unspecified atom stereocenters. The smallest absolute Gasteiger partial charge is 0.258 e. The second kappa shape index (κ2) is 5.49. The Morgan fingerprint density at radius 2 is 2.12 bits per heavy atom. The lowest BCUT2D eigenvalue weighted by Gasteiger charge is -2.06. The number of aromatic nitrogens is 3. The molecule has 24 heavy (non-hydrogen) atoms. The van der Waals surface area contributed by atoms with E-state index in [1.54, 1.807) is 7.11 Å². The van der Waals surface area contributed by atoms with E-state index >= 15 is 0 Å². The molecule has 0 aliphatic heterocycles. The normalized spacial score (nSPS) is 11.2. The fraction of sp³-hybridized carbons (Fsp3) is 0.111. The summed E-state index contributed by atoms with van der Waals surface area (Å²) in [5.74, 6) is 0.808. The molecule has 0 atom stereocenters. The number of halogens is 1. The number of hydrogen-bond donors (Lipinski definition) is 2. The van der Waals surface area contributed by atoms with Gasteiger partial charge >= 0.3 is 0 Å². The van der Waals surface area contributed by atoms with Crippen LogP contribution in [-0.2, 0) is 6.42 Å². The minimum Gasteiger partial charge on any atom is -0.496 e. The van der Waals surface area contributed by atoms with Crippen molar-refractivity contribution in [2.24, 2.45) is 0 Å². The maximum Gasteiger partial charge on any atom is 0.258 e. The Hall–Kier alpha value is -3.15. The van der Waals surface area contributed by atoms with Gasteiger partial charge in [-0.05, 0) is 29.8 Å². The maximum atomic E-state index is 13.4. The monoisotopic (exact) mass is 323 g/mol. The van der Waals surface area contributed by atoms with E-state index in [0.29, 0.717) is 23.1 Å². The van der Waals surface area contributed by atoms with Crippen LogP contribution in [0.25, 0.3) is 21.8 Å². The number of H-pyrrole nitrogens is 2. The van der Waals surface area contributed by atoms with Crippen molar-refractivity contribution >= 4 is 21.8 Å². The average molecular weight is 323 g/mol. The van der Waals surface area contributed by atoms with Crippen LogP contribution < -0.4 is 10.3 Å². The van der Waals surface area contributed by atoms with Crippen LogP contribution in [0.2, 0.25) is 0 Å². The van der Waals surface area contributed by atoms with Crippen molar-refractivity contribution in [2.75, 3.05) is 7.11 Å². The quantitative estimate of drug-likeness (QED) is 0.608. The number of rotatable bonds is 3. The fourth-order valence-corrected chi connectivity index (χ4v) is 2.95. The zero-order chi connectivity index (χ0) is 16.7. The minimum absolute atomic E-state index is 0.276. The first-order valence-corrected chi connectivity index (χ1v) is 7.47. The third kappa shape index (κ3) is 2.32. The summed E-state index contributed by atoms with van der Waals surface area (Å²) in [5.41, 5.74) is 1.96. The lowest BCUT2D eigenvalue weighted by molar-refractivity contribution is 0.419. The summed E-state index contributed by atoms with van der Waals surface area (Å²) in [4.78, 5) is 22.5. The number of aromatic amines is 2. The minimum atomic E-state index is -0.416. The van der Waals surface area contributed by atoms with E-state index in [1.165, 1.54) is 18.2 Å². The number of nitrogens with one attached hydrogen (secondary N) is 2. The number of methoxy groups -OCH3 is 1. The fourth-order valence-electron chi connectivity index (χ4n) is 2.95. The Kier molecular flexibility index (Phi) is 3.30. The van der Waals surface area contributed by atoms with Crippen molar-refractivity contribution in [1.82, 2.24) is 15.0 Å². The molecule has 0 bridgehead atoms. The van der Waals surface area contributed by atoms with Crippen LogP contribution in [0.3, 0.4) is 0 Å². The highest BCUT2D eigenvalue weighted by Gasteiger charge is 2.12. The van der Waals surface area contributed by atoms with E-state index in [0.717, 1.165) is 22.2 Å². The third-order valence-corrected chi connectivity index (χ3v) is 4.04. The van der Waals surface area contributed by atoms with Crippen molar-refractivity contribution in [3.8, 4) is 5.75 Å². The van der Waals surface area contributed by atoms with E-state index in [9.17, 15) is 9.18 Å². The number of benzene rings is 2. The van der Waals surface area contributed by atoms with Crippen LogP contribution in [-0.4, -0.2) is 22.1 Å². The van der Waals surface area contributed by atoms with Gasteiger partial charge in [0.05, 0.1) is 18.0 Å². The van der Waals surface area contributed by atoms with Crippen molar-refractivity contribution in [2.45, 2.75) is 6.42 Å². The van der Waals surface area contributed by atoms with Gasteiger partial charge in [0.2, 0.25) is 0 Å². The van der Waals surface area contributed by atoms with E-state index in [-0.39, 0.29) is 5.56 Å². The van der Waals surface area contributed by atoms with E-state index in [1.807, 2.05) is 24.4 Å². The van der Waals surface area contributed by atoms with Crippen LogP contribution in [0.5, 0.6) is 5.75 Å². The van der Waals surface area contributed by atoms with Crippen LogP contribution in [0.4, 0.5) is 4.39 Å². The van der Waals surface area contributed by atoms with Crippen molar-refractivity contribution in [1.29, 1.82) is 0 Å². The first-order chi connectivity index (χ1) is 11.7. The summed E-state index contributed by atoms with van der Waals surface area (Å²) < 4.78 is 18.8. The molecule has 4 aromatic rings. The van der Waals surface area contributed by atoms with Crippen LogP contribution in [0.15, 0.2) is 47.4 Å². The van der Waals surface area contributed by atoms with Gasteiger partial charge in [0, 0.05) is 29.6 Å². The zero-order valence-electron chi connectivity index (χ0n) is 12.9.